The van der Waals surface area contributed by atoms with Crippen molar-refractivity contribution < 1.29 is 13.2 Å². The first kappa shape index (κ1) is 16.2. The van der Waals surface area contributed by atoms with Crippen LogP contribution < -0.4 is 4.72 Å². The fourth-order valence-electron chi connectivity index (χ4n) is 2.41. The number of aryl methyl sites for hydroxylation is 1. The fourth-order valence-corrected chi connectivity index (χ4v) is 3.50. The summed E-state index contributed by atoms with van der Waals surface area (Å²) in [6.45, 7) is 2.73. The lowest BCUT2D eigenvalue weighted by Crippen LogP contribution is -2.49. The van der Waals surface area contributed by atoms with Crippen LogP contribution in [0.2, 0.25) is 5.02 Å². The quantitative estimate of drug-likeness (QED) is 0.902. The van der Waals surface area contributed by atoms with Gasteiger partial charge in [-0.15, -0.1) is 0 Å². The topological polar surface area (TPSA) is 79.4 Å². The Balaban J connectivity index is 2.12. The van der Waals surface area contributed by atoms with Gasteiger partial charge >= 0.3 is 0 Å². The van der Waals surface area contributed by atoms with E-state index in [2.05, 4.69) is 9.71 Å². The molecule has 1 amide bonds. The minimum absolute atomic E-state index is 0.215. The Morgan fingerprint density at radius 3 is 2.86 bits per heavy atom. The van der Waals surface area contributed by atoms with E-state index in [9.17, 15) is 13.2 Å². The largest absolute Gasteiger partial charge is 0.337 e. The average Bonchev–Trinajstić information content (AvgIpc) is 2.36. The molecule has 1 N–H and O–H groups in total. The van der Waals surface area contributed by atoms with Gasteiger partial charge in [0.1, 0.15) is 0 Å². The molecule has 0 bridgehead atoms. The van der Waals surface area contributed by atoms with Gasteiger partial charge in [-0.1, -0.05) is 11.6 Å². The summed E-state index contributed by atoms with van der Waals surface area (Å²) in [6, 6.07) is 1.39. The average molecular weight is 332 g/mol. The molecule has 0 saturated carbocycles. The van der Waals surface area contributed by atoms with E-state index in [1.807, 2.05) is 0 Å². The monoisotopic (exact) mass is 331 g/mol. The number of rotatable bonds is 3. The van der Waals surface area contributed by atoms with E-state index < -0.39 is 10.0 Å². The minimum Gasteiger partial charge on any atom is -0.337 e. The molecule has 116 valence electrons. The number of hydrogen-bond donors (Lipinski definition) is 1. The number of halogens is 1. The summed E-state index contributed by atoms with van der Waals surface area (Å²) in [4.78, 5) is 18.2. The highest BCUT2D eigenvalue weighted by Gasteiger charge is 2.27. The van der Waals surface area contributed by atoms with Gasteiger partial charge in [0.2, 0.25) is 10.0 Å². The lowest BCUT2D eigenvalue weighted by atomic mass is 10.1. The number of hydrogen-bond acceptors (Lipinski definition) is 4. The van der Waals surface area contributed by atoms with Crippen LogP contribution in [0.1, 0.15) is 28.9 Å². The highest BCUT2D eigenvalue weighted by molar-refractivity contribution is 7.88. The number of amides is 1. The second-order valence-corrected chi connectivity index (χ2v) is 7.47. The third kappa shape index (κ3) is 4.39. The summed E-state index contributed by atoms with van der Waals surface area (Å²) in [5.41, 5.74) is 1.09. The lowest BCUT2D eigenvalue weighted by molar-refractivity contribution is 0.0703. The van der Waals surface area contributed by atoms with Crippen molar-refractivity contribution in [1.29, 1.82) is 0 Å². The molecule has 0 radical (unpaired) electrons. The van der Waals surface area contributed by atoms with Crippen LogP contribution in [0.25, 0.3) is 0 Å². The van der Waals surface area contributed by atoms with E-state index >= 15 is 0 Å². The maximum absolute atomic E-state index is 12.5. The summed E-state index contributed by atoms with van der Waals surface area (Å²) >= 11 is 6.09. The highest BCUT2D eigenvalue weighted by atomic mass is 35.5. The second-order valence-electron chi connectivity index (χ2n) is 5.29. The predicted molar refractivity (Wildman–Crippen MR) is 80.9 cm³/mol. The van der Waals surface area contributed by atoms with Crippen LogP contribution in [-0.2, 0) is 10.0 Å². The molecule has 0 spiro atoms. The molecule has 6 nitrogen and oxygen atoms in total. The molecule has 8 heteroatoms. The zero-order chi connectivity index (χ0) is 15.6. The number of nitrogens with zero attached hydrogens (tertiary/aromatic N) is 2. The van der Waals surface area contributed by atoms with Crippen LogP contribution in [0, 0.1) is 6.92 Å². The molecule has 0 aromatic carbocycles. The van der Waals surface area contributed by atoms with Crippen LogP contribution in [0.4, 0.5) is 0 Å². The number of pyridine rings is 1. The Morgan fingerprint density at radius 2 is 2.24 bits per heavy atom. The molecule has 1 aliphatic heterocycles. The Hall–Kier alpha value is -1.18. The van der Waals surface area contributed by atoms with E-state index in [0.29, 0.717) is 23.7 Å². The summed E-state index contributed by atoms with van der Waals surface area (Å²) in [5.74, 6) is -0.215. The van der Waals surface area contributed by atoms with Crippen molar-refractivity contribution in [2.24, 2.45) is 0 Å². The number of carbonyl (C=O) groups excluding carboxylic acids is 1. The summed E-state index contributed by atoms with van der Waals surface area (Å²) in [5, 5.41) is 0.366. The highest BCUT2D eigenvalue weighted by Crippen LogP contribution is 2.20. The SMILES string of the molecule is Cc1cc(Cl)c(C(=O)N2CCCC(NS(C)(=O)=O)C2)cn1. The zero-order valence-corrected chi connectivity index (χ0v) is 13.5. The van der Waals surface area contributed by atoms with E-state index in [4.69, 9.17) is 11.6 Å². The van der Waals surface area contributed by atoms with Crippen molar-refractivity contribution >= 4 is 27.5 Å². The van der Waals surface area contributed by atoms with E-state index in [-0.39, 0.29) is 11.9 Å². The number of sulfonamides is 1. The van der Waals surface area contributed by atoms with Gasteiger partial charge in [-0.05, 0) is 25.8 Å². The third-order valence-electron chi connectivity index (χ3n) is 3.31. The first-order valence-corrected chi connectivity index (χ1v) is 8.92. The molecular formula is C13H18ClN3O3S. The van der Waals surface area contributed by atoms with Gasteiger partial charge in [-0.3, -0.25) is 9.78 Å². The summed E-state index contributed by atoms with van der Waals surface area (Å²) in [7, 11) is -3.28. The van der Waals surface area contributed by atoms with Gasteiger partial charge in [0.25, 0.3) is 5.91 Å². The normalized spacial score (nSPS) is 19.6. The molecule has 1 atom stereocenters. The molecule has 2 heterocycles. The minimum atomic E-state index is -3.28. The molecule has 1 fully saturated rings. The number of nitrogens with one attached hydrogen (secondary N) is 1. The van der Waals surface area contributed by atoms with Gasteiger partial charge in [-0.25, -0.2) is 13.1 Å². The standard InChI is InChI=1S/C13H18ClN3O3S/c1-9-6-12(14)11(7-15-9)13(18)17-5-3-4-10(8-17)16-21(2,19)20/h6-7,10,16H,3-5,8H2,1-2H3. The number of aromatic nitrogens is 1. The molecular weight excluding hydrogens is 314 g/mol. The molecule has 1 aliphatic rings. The molecule has 0 aliphatic carbocycles. The number of carbonyl (C=O) groups is 1. The predicted octanol–water partition coefficient (Wildman–Crippen LogP) is 1.20. The third-order valence-corrected chi connectivity index (χ3v) is 4.38. The van der Waals surface area contributed by atoms with Crippen LogP contribution in [-0.4, -0.2) is 49.6 Å². The van der Waals surface area contributed by atoms with Gasteiger partial charge in [0.15, 0.2) is 0 Å². The Morgan fingerprint density at radius 1 is 1.52 bits per heavy atom. The van der Waals surface area contributed by atoms with Crippen LogP contribution in [0.15, 0.2) is 12.3 Å². The second kappa shape index (κ2) is 6.29. The summed E-state index contributed by atoms with van der Waals surface area (Å²) in [6.07, 6.45) is 4.05. The van der Waals surface area contributed by atoms with Crippen molar-refractivity contribution in [2.75, 3.05) is 19.3 Å². The Bertz CT molecular complexity index is 648. The molecule has 1 aromatic heterocycles. The maximum atomic E-state index is 12.5. The van der Waals surface area contributed by atoms with E-state index in [1.54, 1.807) is 17.9 Å². The van der Waals surface area contributed by atoms with Crippen LogP contribution in [0.5, 0.6) is 0 Å². The lowest BCUT2D eigenvalue weighted by Gasteiger charge is -2.32. The number of piperidine rings is 1. The van der Waals surface area contributed by atoms with Crippen molar-refractivity contribution in [3.8, 4) is 0 Å². The molecule has 21 heavy (non-hydrogen) atoms. The van der Waals surface area contributed by atoms with Crippen molar-refractivity contribution in [2.45, 2.75) is 25.8 Å². The fraction of sp³-hybridized carbons (Fsp3) is 0.538. The first-order chi connectivity index (χ1) is 9.76. The molecule has 1 aromatic rings. The maximum Gasteiger partial charge on any atom is 0.256 e. The van der Waals surface area contributed by atoms with Gasteiger partial charge in [-0.2, -0.15) is 0 Å². The molecule has 2 rings (SSSR count). The van der Waals surface area contributed by atoms with Gasteiger partial charge in [0, 0.05) is 31.0 Å². The number of likely N-dealkylation sites (tertiary alicyclic amines) is 1. The van der Waals surface area contributed by atoms with Crippen molar-refractivity contribution in [3.63, 3.8) is 0 Å². The molecule has 1 unspecified atom stereocenters. The Labute approximate surface area is 129 Å². The summed E-state index contributed by atoms with van der Waals surface area (Å²) < 4.78 is 25.1. The van der Waals surface area contributed by atoms with Crippen molar-refractivity contribution in [3.05, 3.63) is 28.5 Å². The van der Waals surface area contributed by atoms with Crippen LogP contribution >= 0.6 is 11.6 Å². The smallest absolute Gasteiger partial charge is 0.256 e. The van der Waals surface area contributed by atoms with Gasteiger partial charge in [0.05, 0.1) is 16.8 Å². The Kier molecular flexibility index (Phi) is 4.85. The van der Waals surface area contributed by atoms with E-state index in [1.165, 1.54) is 6.20 Å². The van der Waals surface area contributed by atoms with E-state index in [0.717, 1.165) is 24.8 Å². The zero-order valence-electron chi connectivity index (χ0n) is 12.0. The van der Waals surface area contributed by atoms with Gasteiger partial charge < -0.3 is 4.90 Å². The van der Waals surface area contributed by atoms with Crippen molar-refractivity contribution in [1.82, 2.24) is 14.6 Å². The van der Waals surface area contributed by atoms with Crippen LogP contribution in [0.3, 0.4) is 0 Å². The first-order valence-electron chi connectivity index (χ1n) is 6.65. The molecule has 1 saturated heterocycles.